The zero-order chi connectivity index (χ0) is 21.8. The topological polar surface area (TPSA) is 138 Å². The van der Waals surface area contributed by atoms with Crippen molar-refractivity contribution >= 4 is 49.9 Å². The lowest BCUT2D eigenvalue weighted by atomic mass is 10.5. The third-order valence-corrected chi connectivity index (χ3v) is 11.0. The average Bonchev–Trinajstić information content (AvgIpc) is 2.61. The van der Waals surface area contributed by atoms with Crippen molar-refractivity contribution in [3.05, 3.63) is 0 Å². The summed E-state index contributed by atoms with van der Waals surface area (Å²) >= 11 is 1.13. The van der Waals surface area contributed by atoms with E-state index in [9.17, 15) is 31.0 Å². The highest BCUT2D eigenvalue weighted by molar-refractivity contribution is 8.13. The Morgan fingerprint density at radius 3 is 1.93 bits per heavy atom. The first-order valence-electron chi connectivity index (χ1n) is 8.59. The van der Waals surface area contributed by atoms with Crippen LogP contribution >= 0.6 is 19.1 Å². The lowest BCUT2D eigenvalue weighted by molar-refractivity contribution is -0.140. The highest BCUT2D eigenvalue weighted by Gasteiger charge is 2.24. The van der Waals surface area contributed by atoms with Crippen LogP contribution in [-0.4, -0.2) is 83.2 Å². The van der Waals surface area contributed by atoms with Gasteiger partial charge in [0.1, 0.15) is 0 Å². The van der Waals surface area contributed by atoms with Gasteiger partial charge >= 0.3 is 5.97 Å². The van der Waals surface area contributed by atoms with Crippen molar-refractivity contribution in [1.29, 1.82) is 0 Å². The van der Waals surface area contributed by atoms with Gasteiger partial charge in [0.05, 0.1) is 36.5 Å². The lowest BCUT2D eigenvalue weighted by Gasteiger charge is -2.16. The summed E-state index contributed by atoms with van der Waals surface area (Å²) in [4.78, 5) is 21.9. The summed E-state index contributed by atoms with van der Waals surface area (Å²) in [6.45, 7) is 1.45. The number of hydrogen-bond acceptors (Lipinski definition) is 10. The number of esters is 1. The fourth-order valence-corrected chi connectivity index (χ4v) is 8.51. The normalized spacial score (nSPS) is 14.4. The van der Waals surface area contributed by atoms with Crippen LogP contribution in [-0.2, 0) is 43.1 Å². The second kappa shape index (κ2) is 13.0. The molecule has 0 aliphatic carbocycles. The minimum Gasteiger partial charge on any atom is -0.469 e. The molecular formula is C15H29O9PS3. The van der Waals surface area contributed by atoms with Crippen molar-refractivity contribution in [2.24, 2.45) is 0 Å². The Labute approximate surface area is 171 Å². The molecule has 13 heteroatoms. The lowest BCUT2D eigenvalue weighted by Crippen LogP contribution is -2.23. The second-order valence-electron chi connectivity index (χ2n) is 6.12. The molecule has 0 saturated carbocycles. The van der Waals surface area contributed by atoms with Gasteiger partial charge in [0.2, 0.25) is 7.37 Å². The monoisotopic (exact) mass is 480 g/mol. The summed E-state index contributed by atoms with van der Waals surface area (Å²) in [6.07, 6.45) is 0.613. The molecule has 0 aliphatic heterocycles. The standard InChI is InChI=1S/C15H29O9PS3/c1-14(16)26-9-4-7-25(18,24-3)8-5-10-27(19,20)12-13-28(21,22)11-6-15(17)23-2/h4-13H2,1-3H3. The molecule has 0 saturated heterocycles. The molecule has 0 rings (SSSR count). The molecule has 0 aliphatic rings. The summed E-state index contributed by atoms with van der Waals surface area (Å²) in [5.74, 6) is -2.05. The van der Waals surface area contributed by atoms with E-state index in [4.69, 9.17) is 4.52 Å². The SMILES string of the molecule is COC(=O)CCS(=O)(=O)CCS(=O)(=O)CCCP(=O)(CCCSC(C)=O)OC. The molecule has 0 aromatic carbocycles. The van der Waals surface area contributed by atoms with E-state index < -0.39 is 50.3 Å². The van der Waals surface area contributed by atoms with Crippen molar-refractivity contribution < 1.29 is 40.3 Å². The Morgan fingerprint density at radius 1 is 0.893 bits per heavy atom. The van der Waals surface area contributed by atoms with Gasteiger partial charge in [-0.25, -0.2) is 16.8 Å². The predicted octanol–water partition coefficient (Wildman–Crippen LogP) is 1.36. The van der Waals surface area contributed by atoms with Gasteiger partial charge < -0.3 is 9.26 Å². The number of methoxy groups -OCH3 is 1. The van der Waals surface area contributed by atoms with Gasteiger partial charge in [0.25, 0.3) is 0 Å². The molecule has 28 heavy (non-hydrogen) atoms. The van der Waals surface area contributed by atoms with Crippen molar-refractivity contribution in [3.8, 4) is 0 Å². The largest absolute Gasteiger partial charge is 0.469 e. The Balaban J connectivity index is 4.41. The Hall–Kier alpha value is -0.420. The minimum absolute atomic E-state index is 0.0279. The average molecular weight is 481 g/mol. The van der Waals surface area contributed by atoms with Crippen molar-refractivity contribution in [1.82, 2.24) is 0 Å². The van der Waals surface area contributed by atoms with E-state index in [-0.39, 0.29) is 36.0 Å². The van der Waals surface area contributed by atoms with E-state index in [1.54, 1.807) is 0 Å². The van der Waals surface area contributed by atoms with E-state index in [1.165, 1.54) is 14.0 Å². The van der Waals surface area contributed by atoms with Gasteiger partial charge in [0.15, 0.2) is 24.8 Å². The van der Waals surface area contributed by atoms with Gasteiger partial charge in [0, 0.05) is 32.1 Å². The molecule has 1 atom stereocenters. The van der Waals surface area contributed by atoms with Gasteiger partial charge in [-0.1, -0.05) is 11.8 Å². The number of ether oxygens (including phenoxy) is 1. The summed E-state index contributed by atoms with van der Waals surface area (Å²) in [6, 6.07) is 0. The predicted molar refractivity (Wildman–Crippen MR) is 111 cm³/mol. The molecule has 0 fully saturated rings. The third-order valence-electron chi connectivity index (χ3n) is 3.79. The fourth-order valence-electron chi connectivity index (χ4n) is 2.14. The molecule has 9 nitrogen and oxygen atoms in total. The zero-order valence-electron chi connectivity index (χ0n) is 16.4. The van der Waals surface area contributed by atoms with E-state index in [0.717, 1.165) is 18.9 Å². The Bertz CT molecular complexity index is 760. The molecule has 0 N–H and O–H groups in total. The van der Waals surface area contributed by atoms with Gasteiger partial charge in [-0.2, -0.15) is 0 Å². The van der Waals surface area contributed by atoms with Crippen LogP contribution in [0.1, 0.15) is 26.2 Å². The Morgan fingerprint density at radius 2 is 1.43 bits per heavy atom. The van der Waals surface area contributed by atoms with Gasteiger partial charge in [-0.05, 0) is 12.8 Å². The maximum atomic E-state index is 12.6. The highest BCUT2D eigenvalue weighted by atomic mass is 32.2. The van der Waals surface area contributed by atoms with Crippen LogP contribution in [0.3, 0.4) is 0 Å². The number of hydrogen-bond donors (Lipinski definition) is 0. The molecule has 0 bridgehead atoms. The zero-order valence-corrected chi connectivity index (χ0v) is 19.8. The van der Waals surface area contributed by atoms with Crippen LogP contribution in [0.4, 0.5) is 0 Å². The summed E-state index contributed by atoms with van der Waals surface area (Å²) in [7, 11) is -7.87. The molecule has 166 valence electrons. The van der Waals surface area contributed by atoms with E-state index in [0.29, 0.717) is 12.2 Å². The van der Waals surface area contributed by atoms with Crippen LogP contribution in [0, 0.1) is 0 Å². The second-order valence-corrected chi connectivity index (χ2v) is 14.9. The highest BCUT2D eigenvalue weighted by Crippen LogP contribution is 2.47. The molecule has 0 aromatic heterocycles. The van der Waals surface area contributed by atoms with E-state index in [2.05, 4.69) is 4.74 Å². The maximum Gasteiger partial charge on any atom is 0.306 e. The first-order chi connectivity index (χ1) is 12.8. The first kappa shape index (κ1) is 27.6. The maximum absolute atomic E-state index is 12.6. The van der Waals surface area contributed by atoms with Crippen LogP contribution in [0.15, 0.2) is 0 Å². The molecule has 1 unspecified atom stereocenters. The molecular weight excluding hydrogens is 451 g/mol. The first-order valence-corrected chi connectivity index (χ1v) is 15.2. The number of sulfone groups is 2. The van der Waals surface area contributed by atoms with E-state index in [1.807, 2.05) is 0 Å². The number of carbonyl (C=O) groups excluding carboxylic acids is 2. The number of rotatable bonds is 15. The smallest absolute Gasteiger partial charge is 0.306 e. The van der Waals surface area contributed by atoms with E-state index >= 15 is 0 Å². The van der Waals surface area contributed by atoms with Crippen LogP contribution in [0.25, 0.3) is 0 Å². The van der Waals surface area contributed by atoms with Gasteiger partial charge in [-0.15, -0.1) is 0 Å². The molecule has 0 aromatic rings. The van der Waals surface area contributed by atoms with Crippen LogP contribution < -0.4 is 0 Å². The fraction of sp³-hybridized carbons (Fsp3) is 0.867. The molecule has 0 amide bonds. The number of carbonyl (C=O) groups is 2. The third kappa shape index (κ3) is 13.7. The van der Waals surface area contributed by atoms with Crippen LogP contribution in [0.5, 0.6) is 0 Å². The summed E-state index contributed by atoms with van der Waals surface area (Å²) in [5, 5.41) is -0.0279. The van der Waals surface area contributed by atoms with Crippen LogP contribution in [0.2, 0.25) is 0 Å². The van der Waals surface area contributed by atoms with Crippen molar-refractivity contribution in [3.63, 3.8) is 0 Å². The molecule has 0 spiro atoms. The minimum atomic E-state index is -3.69. The van der Waals surface area contributed by atoms with Crippen molar-refractivity contribution in [2.75, 3.05) is 55.3 Å². The summed E-state index contributed by atoms with van der Waals surface area (Å²) in [5.41, 5.74) is 0. The van der Waals surface area contributed by atoms with Crippen molar-refractivity contribution in [2.45, 2.75) is 26.2 Å². The molecule has 0 heterocycles. The quantitative estimate of drug-likeness (QED) is 0.192. The Kier molecular flexibility index (Phi) is 12.8. The molecule has 0 radical (unpaired) electrons. The van der Waals surface area contributed by atoms with Gasteiger partial charge in [-0.3, -0.25) is 14.2 Å². The number of thioether (sulfide) groups is 1. The summed E-state index contributed by atoms with van der Waals surface area (Å²) < 4.78 is 69.7.